The van der Waals surface area contributed by atoms with Crippen LogP contribution in [0.1, 0.15) is 5.69 Å². The van der Waals surface area contributed by atoms with Crippen molar-refractivity contribution in [3.8, 4) is 0 Å². The molecule has 0 saturated heterocycles. The SMILES string of the molecule is Cc1cc2ccccc2n1S(=O)(=O)c1ccccc1Br. The molecule has 0 aliphatic carbocycles. The summed E-state index contributed by atoms with van der Waals surface area (Å²) in [6, 6.07) is 16.2. The van der Waals surface area contributed by atoms with Gasteiger partial charge >= 0.3 is 0 Å². The first-order chi connectivity index (χ1) is 9.51. The van der Waals surface area contributed by atoms with Crippen LogP contribution in [0.4, 0.5) is 0 Å². The summed E-state index contributed by atoms with van der Waals surface area (Å²) < 4.78 is 27.7. The van der Waals surface area contributed by atoms with Crippen LogP contribution in [0.5, 0.6) is 0 Å². The highest BCUT2D eigenvalue weighted by molar-refractivity contribution is 9.10. The molecule has 1 aromatic heterocycles. The summed E-state index contributed by atoms with van der Waals surface area (Å²) in [4.78, 5) is 0.268. The Morgan fingerprint density at radius 2 is 1.65 bits per heavy atom. The van der Waals surface area contributed by atoms with Crippen LogP contribution in [0.25, 0.3) is 10.9 Å². The first-order valence-electron chi connectivity index (χ1n) is 6.09. The maximum Gasteiger partial charge on any atom is 0.269 e. The van der Waals surface area contributed by atoms with Crippen LogP contribution in [0.2, 0.25) is 0 Å². The van der Waals surface area contributed by atoms with Gasteiger partial charge in [-0.2, -0.15) is 0 Å². The van der Waals surface area contributed by atoms with Gasteiger partial charge in [-0.05, 0) is 47.1 Å². The van der Waals surface area contributed by atoms with Crippen molar-refractivity contribution in [2.75, 3.05) is 0 Å². The average Bonchev–Trinajstić information content (AvgIpc) is 2.75. The Morgan fingerprint density at radius 3 is 2.40 bits per heavy atom. The Hall–Kier alpha value is -1.59. The molecule has 3 rings (SSSR count). The molecule has 5 heteroatoms. The highest BCUT2D eigenvalue weighted by Crippen LogP contribution is 2.28. The van der Waals surface area contributed by atoms with Crippen LogP contribution in [-0.2, 0) is 10.0 Å². The number of nitrogens with zero attached hydrogens (tertiary/aromatic N) is 1. The van der Waals surface area contributed by atoms with Crippen molar-refractivity contribution in [3.63, 3.8) is 0 Å². The van der Waals surface area contributed by atoms with Gasteiger partial charge in [-0.1, -0.05) is 30.3 Å². The van der Waals surface area contributed by atoms with E-state index in [1.165, 1.54) is 3.97 Å². The zero-order chi connectivity index (χ0) is 14.3. The smallest absolute Gasteiger partial charge is 0.238 e. The number of hydrogen-bond donors (Lipinski definition) is 0. The molecule has 0 fully saturated rings. The maximum atomic E-state index is 12.9. The topological polar surface area (TPSA) is 39.1 Å². The number of aryl methyl sites for hydroxylation is 1. The van der Waals surface area contributed by atoms with E-state index in [9.17, 15) is 8.42 Å². The number of aromatic nitrogens is 1. The molecule has 0 N–H and O–H groups in total. The van der Waals surface area contributed by atoms with Crippen molar-refractivity contribution in [2.45, 2.75) is 11.8 Å². The van der Waals surface area contributed by atoms with Crippen molar-refractivity contribution < 1.29 is 8.42 Å². The zero-order valence-electron chi connectivity index (χ0n) is 10.7. The van der Waals surface area contributed by atoms with Gasteiger partial charge in [0.05, 0.1) is 5.52 Å². The van der Waals surface area contributed by atoms with Gasteiger partial charge in [-0.3, -0.25) is 0 Å². The van der Waals surface area contributed by atoms with Crippen LogP contribution in [0, 0.1) is 6.92 Å². The summed E-state index contributed by atoms with van der Waals surface area (Å²) in [5.41, 5.74) is 1.39. The van der Waals surface area contributed by atoms with Crippen LogP contribution in [0.3, 0.4) is 0 Å². The molecular weight excluding hydrogens is 338 g/mol. The van der Waals surface area contributed by atoms with Crippen molar-refractivity contribution in [2.24, 2.45) is 0 Å². The van der Waals surface area contributed by atoms with E-state index in [2.05, 4.69) is 15.9 Å². The largest absolute Gasteiger partial charge is 0.269 e. The van der Waals surface area contributed by atoms with Gasteiger partial charge in [-0.15, -0.1) is 0 Å². The summed E-state index contributed by atoms with van der Waals surface area (Å²) in [6.07, 6.45) is 0. The molecule has 20 heavy (non-hydrogen) atoms. The van der Waals surface area contributed by atoms with E-state index in [-0.39, 0.29) is 4.90 Å². The minimum Gasteiger partial charge on any atom is -0.238 e. The number of para-hydroxylation sites is 1. The summed E-state index contributed by atoms with van der Waals surface area (Å²) in [5, 5.41) is 0.917. The Morgan fingerprint density at radius 1 is 1.00 bits per heavy atom. The van der Waals surface area contributed by atoms with Crippen molar-refractivity contribution in [1.29, 1.82) is 0 Å². The second kappa shape index (κ2) is 4.75. The molecule has 3 aromatic rings. The van der Waals surface area contributed by atoms with Crippen molar-refractivity contribution >= 4 is 36.9 Å². The lowest BCUT2D eigenvalue weighted by molar-refractivity contribution is 0.587. The third-order valence-electron chi connectivity index (χ3n) is 3.20. The molecule has 0 aliphatic heterocycles. The molecule has 2 aromatic carbocycles. The fraction of sp³-hybridized carbons (Fsp3) is 0.0667. The Kier molecular flexibility index (Phi) is 3.18. The quantitative estimate of drug-likeness (QED) is 0.702. The van der Waals surface area contributed by atoms with Gasteiger partial charge in [0.15, 0.2) is 0 Å². The molecule has 0 spiro atoms. The van der Waals surface area contributed by atoms with E-state index in [0.29, 0.717) is 15.7 Å². The zero-order valence-corrected chi connectivity index (χ0v) is 13.1. The fourth-order valence-corrected chi connectivity index (χ4v) is 4.86. The summed E-state index contributed by atoms with van der Waals surface area (Å²) in [6.45, 7) is 1.80. The van der Waals surface area contributed by atoms with E-state index in [4.69, 9.17) is 0 Å². The van der Waals surface area contributed by atoms with E-state index >= 15 is 0 Å². The van der Waals surface area contributed by atoms with E-state index in [0.717, 1.165) is 5.39 Å². The second-order valence-corrected chi connectivity index (χ2v) is 7.15. The Bertz CT molecular complexity index is 897. The summed E-state index contributed by atoms with van der Waals surface area (Å²) in [7, 11) is -3.61. The lowest BCUT2D eigenvalue weighted by Crippen LogP contribution is -2.14. The first kappa shape index (κ1) is 13.4. The highest BCUT2D eigenvalue weighted by atomic mass is 79.9. The predicted octanol–water partition coefficient (Wildman–Crippen LogP) is 3.95. The number of benzene rings is 2. The maximum absolute atomic E-state index is 12.9. The molecule has 0 aliphatic rings. The molecule has 0 bridgehead atoms. The molecule has 102 valence electrons. The van der Waals surface area contributed by atoms with Gasteiger partial charge in [-0.25, -0.2) is 12.4 Å². The van der Waals surface area contributed by atoms with Crippen molar-refractivity contribution in [3.05, 3.63) is 64.8 Å². The summed E-state index contributed by atoms with van der Waals surface area (Å²) >= 11 is 3.31. The Labute approximate surface area is 126 Å². The number of hydrogen-bond acceptors (Lipinski definition) is 2. The second-order valence-electron chi connectivity index (χ2n) is 4.54. The summed E-state index contributed by atoms with van der Waals surface area (Å²) in [5.74, 6) is 0. The molecule has 3 nitrogen and oxygen atoms in total. The van der Waals surface area contributed by atoms with Crippen LogP contribution in [0.15, 0.2) is 64.0 Å². The van der Waals surface area contributed by atoms with Gasteiger partial charge in [0.25, 0.3) is 10.0 Å². The van der Waals surface area contributed by atoms with E-state index < -0.39 is 10.0 Å². The normalized spacial score (nSPS) is 11.9. The highest BCUT2D eigenvalue weighted by Gasteiger charge is 2.23. The third kappa shape index (κ3) is 1.98. The lowest BCUT2D eigenvalue weighted by atomic mass is 10.2. The van der Waals surface area contributed by atoms with Gasteiger partial charge < -0.3 is 0 Å². The third-order valence-corrected chi connectivity index (χ3v) is 6.03. The number of rotatable bonds is 2. The number of halogens is 1. The fourth-order valence-electron chi connectivity index (χ4n) is 2.34. The average molecular weight is 350 g/mol. The van der Waals surface area contributed by atoms with Crippen LogP contribution < -0.4 is 0 Å². The molecule has 0 unspecified atom stereocenters. The van der Waals surface area contributed by atoms with Gasteiger partial charge in [0.2, 0.25) is 0 Å². The Balaban J connectivity index is 2.36. The number of fused-ring (bicyclic) bond motifs is 1. The van der Waals surface area contributed by atoms with Crippen molar-refractivity contribution in [1.82, 2.24) is 3.97 Å². The minimum absolute atomic E-state index is 0.268. The predicted molar refractivity (Wildman–Crippen MR) is 83.4 cm³/mol. The first-order valence-corrected chi connectivity index (χ1v) is 8.32. The molecule has 0 atom stereocenters. The lowest BCUT2D eigenvalue weighted by Gasteiger charge is -2.11. The molecule has 0 radical (unpaired) electrons. The van der Waals surface area contributed by atoms with E-state index in [1.54, 1.807) is 31.2 Å². The van der Waals surface area contributed by atoms with Gasteiger partial charge in [0.1, 0.15) is 4.90 Å². The van der Waals surface area contributed by atoms with Gasteiger partial charge in [0, 0.05) is 15.6 Å². The van der Waals surface area contributed by atoms with E-state index in [1.807, 2.05) is 30.3 Å². The molecular formula is C15H12BrNO2S. The molecule has 0 amide bonds. The molecule has 0 saturated carbocycles. The van der Waals surface area contributed by atoms with Crippen LogP contribution in [-0.4, -0.2) is 12.4 Å². The van der Waals surface area contributed by atoms with Crippen LogP contribution >= 0.6 is 15.9 Å². The standard InChI is InChI=1S/C15H12BrNO2S/c1-11-10-12-6-2-4-8-14(12)17(11)20(18,19)15-9-5-3-7-13(15)16/h2-10H,1H3. The molecule has 1 heterocycles. The minimum atomic E-state index is -3.61. The monoisotopic (exact) mass is 349 g/mol.